The van der Waals surface area contributed by atoms with E-state index in [0.29, 0.717) is 0 Å². The van der Waals surface area contributed by atoms with E-state index in [0.717, 1.165) is 12.0 Å². The van der Waals surface area contributed by atoms with Crippen molar-refractivity contribution < 1.29 is 4.92 Å². The van der Waals surface area contributed by atoms with Gasteiger partial charge in [0, 0.05) is 12.1 Å². The standard InChI is InChI=1S/C15H15NO2/c1-12(10-13-6-3-2-4-7-13)14-8-5-9-15(11-14)16(17)18/h2-9,11-12H,10H2,1H3. The predicted octanol–water partition coefficient (Wildman–Crippen LogP) is 3.94. The van der Waals surface area contributed by atoms with E-state index in [2.05, 4.69) is 19.1 Å². The number of nitro groups is 1. The van der Waals surface area contributed by atoms with Crippen molar-refractivity contribution in [1.29, 1.82) is 0 Å². The highest BCUT2D eigenvalue weighted by atomic mass is 16.6. The van der Waals surface area contributed by atoms with Crippen LogP contribution in [-0.4, -0.2) is 4.92 Å². The normalized spacial score (nSPS) is 12.1. The molecule has 0 heterocycles. The quantitative estimate of drug-likeness (QED) is 0.601. The fourth-order valence-electron chi connectivity index (χ4n) is 2.03. The van der Waals surface area contributed by atoms with Gasteiger partial charge in [-0.3, -0.25) is 10.1 Å². The lowest BCUT2D eigenvalue weighted by Crippen LogP contribution is -1.99. The predicted molar refractivity (Wildman–Crippen MR) is 71.7 cm³/mol. The highest BCUT2D eigenvalue weighted by Crippen LogP contribution is 2.23. The minimum atomic E-state index is -0.348. The van der Waals surface area contributed by atoms with Gasteiger partial charge in [-0.1, -0.05) is 49.4 Å². The minimum absolute atomic E-state index is 0.160. The van der Waals surface area contributed by atoms with Gasteiger partial charge in [0.1, 0.15) is 0 Å². The van der Waals surface area contributed by atoms with Crippen molar-refractivity contribution in [2.45, 2.75) is 19.3 Å². The molecular formula is C15H15NO2. The Morgan fingerprint density at radius 2 is 1.83 bits per heavy atom. The van der Waals surface area contributed by atoms with Crippen LogP contribution in [0.2, 0.25) is 0 Å². The van der Waals surface area contributed by atoms with Crippen molar-refractivity contribution in [1.82, 2.24) is 0 Å². The smallest absolute Gasteiger partial charge is 0.258 e. The summed E-state index contributed by atoms with van der Waals surface area (Å²) in [6.07, 6.45) is 0.891. The van der Waals surface area contributed by atoms with Crippen LogP contribution < -0.4 is 0 Å². The molecule has 0 N–H and O–H groups in total. The Kier molecular flexibility index (Phi) is 3.72. The molecule has 2 aromatic carbocycles. The average Bonchev–Trinajstić information content (AvgIpc) is 2.40. The zero-order chi connectivity index (χ0) is 13.0. The first kappa shape index (κ1) is 12.3. The van der Waals surface area contributed by atoms with Gasteiger partial charge >= 0.3 is 0 Å². The van der Waals surface area contributed by atoms with Gasteiger partial charge in [0.2, 0.25) is 0 Å². The van der Waals surface area contributed by atoms with E-state index in [1.54, 1.807) is 12.1 Å². The molecule has 0 spiro atoms. The molecule has 0 saturated carbocycles. The number of hydrogen-bond donors (Lipinski definition) is 0. The fourth-order valence-corrected chi connectivity index (χ4v) is 2.03. The molecule has 0 aliphatic carbocycles. The van der Waals surface area contributed by atoms with E-state index in [9.17, 15) is 10.1 Å². The summed E-state index contributed by atoms with van der Waals surface area (Å²) in [5.74, 6) is 0.271. The van der Waals surface area contributed by atoms with Crippen LogP contribution in [0.4, 0.5) is 5.69 Å². The molecular weight excluding hydrogens is 226 g/mol. The van der Waals surface area contributed by atoms with Crippen LogP contribution >= 0.6 is 0 Å². The fraction of sp³-hybridized carbons (Fsp3) is 0.200. The molecule has 92 valence electrons. The first-order chi connectivity index (χ1) is 8.66. The lowest BCUT2D eigenvalue weighted by Gasteiger charge is -2.11. The maximum Gasteiger partial charge on any atom is 0.269 e. The lowest BCUT2D eigenvalue weighted by molar-refractivity contribution is -0.384. The third kappa shape index (κ3) is 2.94. The first-order valence-corrected chi connectivity index (χ1v) is 5.95. The summed E-state index contributed by atoms with van der Waals surface area (Å²) >= 11 is 0. The zero-order valence-electron chi connectivity index (χ0n) is 10.2. The first-order valence-electron chi connectivity index (χ1n) is 5.95. The molecule has 2 aromatic rings. The number of benzene rings is 2. The lowest BCUT2D eigenvalue weighted by atomic mass is 9.93. The topological polar surface area (TPSA) is 43.1 Å². The van der Waals surface area contributed by atoms with E-state index < -0.39 is 0 Å². The molecule has 1 atom stereocenters. The van der Waals surface area contributed by atoms with Gasteiger partial charge in [-0.25, -0.2) is 0 Å². The van der Waals surface area contributed by atoms with E-state index in [1.807, 2.05) is 24.3 Å². The van der Waals surface area contributed by atoms with Crippen molar-refractivity contribution >= 4 is 5.69 Å². The number of nitro benzene ring substituents is 1. The van der Waals surface area contributed by atoms with E-state index in [1.165, 1.54) is 11.6 Å². The van der Waals surface area contributed by atoms with Crippen molar-refractivity contribution in [3.8, 4) is 0 Å². The summed E-state index contributed by atoms with van der Waals surface area (Å²) in [6.45, 7) is 2.09. The second-order valence-electron chi connectivity index (χ2n) is 4.44. The molecule has 0 aliphatic rings. The summed E-state index contributed by atoms with van der Waals surface area (Å²) in [5, 5.41) is 10.7. The molecule has 0 aromatic heterocycles. The largest absolute Gasteiger partial charge is 0.269 e. The molecule has 2 rings (SSSR count). The molecule has 18 heavy (non-hydrogen) atoms. The third-order valence-electron chi connectivity index (χ3n) is 3.03. The Morgan fingerprint density at radius 1 is 1.11 bits per heavy atom. The van der Waals surface area contributed by atoms with Crippen molar-refractivity contribution in [3.63, 3.8) is 0 Å². The highest BCUT2D eigenvalue weighted by molar-refractivity contribution is 5.36. The van der Waals surface area contributed by atoms with Crippen LogP contribution in [0.15, 0.2) is 54.6 Å². The third-order valence-corrected chi connectivity index (χ3v) is 3.03. The maximum atomic E-state index is 10.7. The Balaban J connectivity index is 2.16. The second-order valence-corrected chi connectivity index (χ2v) is 4.44. The van der Waals surface area contributed by atoms with Gasteiger partial charge in [0.05, 0.1) is 4.92 Å². The minimum Gasteiger partial charge on any atom is -0.258 e. The van der Waals surface area contributed by atoms with Crippen LogP contribution in [0.3, 0.4) is 0 Å². The molecule has 3 heteroatoms. The van der Waals surface area contributed by atoms with Crippen molar-refractivity contribution in [2.75, 3.05) is 0 Å². The Bertz CT molecular complexity index is 537. The molecule has 0 amide bonds. The summed E-state index contributed by atoms with van der Waals surface area (Å²) in [5.41, 5.74) is 2.41. The number of rotatable bonds is 4. The van der Waals surface area contributed by atoms with Gasteiger partial charge in [0.25, 0.3) is 5.69 Å². The average molecular weight is 241 g/mol. The molecule has 0 radical (unpaired) electrons. The van der Waals surface area contributed by atoms with Gasteiger partial charge in [-0.05, 0) is 23.5 Å². The van der Waals surface area contributed by atoms with Crippen LogP contribution in [0.5, 0.6) is 0 Å². The number of nitrogens with zero attached hydrogens (tertiary/aromatic N) is 1. The van der Waals surface area contributed by atoms with Crippen LogP contribution in [0, 0.1) is 10.1 Å². The molecule has 1 unspecified atom stereocenters. The maximum absolute atomic E-state index is 10.7. The summed E-state index contributed by atoms with van der Waals surface area (Å²) in [6, 6.07) is 17.0. The van der Waals surface area contributed by atoms with Gasteiger partial charge in [-0.2, -0.15) is 0 Å². The molecule has 0 aliphatic heterocycles. The second kappa shape index (κ2) is 5.45. The summed E-state index contributed by atoms with van der Waals surface area (Å²) in [7, 11) is 0. The Hall–Kier alpha value is -2.16. The molecule has 0 bridgehead atoms. The van der Waals surface area contributed by atoms with Gasteiger partial charge in [-0.15, -0.1) is 0 Å². The van der Waals surface area contributed by atoms with Gasteiger partial charge < -0.3 is 0 Å². The van der Waals surface area contributed by atoms with E-state index >= 15 is 0 Å². The van der Waals surface area contributed by atoms with E-state index in [4.69, 9.17) is 0 Å². The van der Waals surface area contributed by atoms with Crippen LogP contribution in [-0.2, 0) is 6.42 Å². The zero-order valence-corrected chi connectivity index (χ0v) is 10.2. The molecule has 3 nitrogen and oxygen atoms in total. The summed E-state index contributed by atoms with van der Waals surface area (Å²) < 4.78 is 0. The van der Waals surface area contributed by atoms with E-state index in [-0.39, 0.29) is 16.5 Å². The number of hydrogen-bond acceptors (Lipinski definition) is 2. The van der Waals surface area contributed by atoms with Crippen molar-refractivity contribution in [2.24, 2.45) is 0 Å². The molecule has 0 fully saturated rings. The molecule has 0 saturated heterocycles. The van der Waals surface area contributed by atoms with Crippen molar-refractivity contribution in [3.05, 3.63) is 75.8 Å². The van der Waals surface area contributed by atoms with Gasteiger partial charge in [0.15, 0.2) is 0 Å². The summed E-state index contributed by atoms with van der Waals surface area (Å²) in [4.78, 5) is 10.4. The van der Waals surface area contributed by atoms with Crippen LogP contribution in [0.1, 0.15) is 24.0 Å². The monoisotopic (exact) mass is 241 g/mol. The highest BCUT2D eigenvalue weighted by Gasteiger charge is 2.11. The van der Waals surface area contributed by atoms with Crippen LogP contribution in [0.25, 0.3) is 0 Å². The number of non-ortho nitro benzene ring substituents is 1. The Labute approximate surface area is 106 Å². The Morgan fingerprint density at radius 3 is 2.50 bits per heavy atom. The SMILES string of the molecule is CC(Cc1ccccc1)c1cccc([N+](=O)[O-])c1.